The van der Waals surface area contributed by atoms with Crippen LogP contribution >= 0.6 is 11.8 Å². The fourth-order valence-corrected chi connectivity index (χ4v) is 3.19. The number of nitrogens with zero attached hydrogens (tertiary/aromatic N) is 2. The zero-order valence-electron chi connectivity index (χ0n) is 13.1. The van der Waals surface area contributed by atoms with Crippen LogP contribution < -0.4 is 10.1 Å². The van der Waals surface area contributed by atoms with E-state index in [0.717, 1.165) is 30.2 Å². The zero-order valence-corrected chi connectivity index (χ0v) is 13.9. The predicted octanol–water partition coefficient (Wildman–Crippen LogP) is 3.27. The van der Waals surface area contributed by atoms with Crippen LogP contribution in [-0.4, -0.2) is 40.5 Å². The molecule has 1 aliphatic rings. The van der Waals surface area contributed by atoms with E-state index in [1.165, 1.54) is 12.1 Å². The number of benzene rings is 1. The summed E-state index contributed by atoms with van der Waals surface area (Å²) < 4.78 is 18.6. The molecule has 1 N–H and O–H groups in total. The van der Waals surface area contributed by atoms with Crippen molar-refractivity contribution in [3.8, 4) is 11.6 Å². The van der Waals surface area contributed by atoms with Crippen LogP contribution in [0.15, 0.2) is 42.6 Å². The molecule has 1 aliphatic heterocycles. The maximum Gasteiger partial charge on any atom is 0.317 e. The first-order valence-electron chi connectivity index (χ1n) is 7.69. The summed E-state index contributed by atoms with van der Waals surface area (Å²) in [7, 11) is 0. The van der Waals surface area contributed by atoms with Crippen molar-refractivity contribution < 1.29 is 13.9 Å². The maximum absolute atomic E-state index is 13.1. The van der Waals surface area contributed by atoms with Gasteiger partial charge in [-0.05, 0) is 17.7 Å². The number of nitrogens with one attached hydrogen (secondary N) is 1. The van der Waals surface area contributed by atoms with Crippen molar-refractivity contribution in [2.75, 3.05) is 24.6 Å². The SMILES string of the molecule is O=C(NCc1ccc(Oc2cccc(F)c2)nc1)N1CCSCC1. The van der Waals surface area contributed by atoms with Gasteiger partial charge in [0.05, 0.1) is 0 Å². The minimum Gasteiger partial charge on any atom is -0.439 e. The standard InChI is InChI=1S/C17H18FN3O2S/c18-14-2-1-3-15(10-14)23-16-5-4-13(11-19-16)12-20-17(22)21-6-8-24-9-7-21/h1-5,10-11H,6-9,12H2,(H,20,22). The van der Waals surface area contributed by atoms with Gasteiger partial charge in [-0.15, -0.1) is 0 Å². The Hall–Kier alpha value is -2.28. The quantitative estimate of drug-likeness (QED) is 0.922. The van der Waals surface area contributed by atoms with Gasteiger partial charge in [0, 0.05) is 49.5 Å². The van der Waals surface area contributed by atoms with Crippen LogP contribution in [0.5, 0.6) is 11.6 Å². The van der Waals surface area contributed by atoms with Crippen LogP contribution in [0.3, 0.4) is 0 Å². The molecule has 0 spiro atoms. The van der Waals surface area contributed by atoms with E-state index >= 15 is 0 Å². The number of carbonyl (C=O) groups excluding carboxylic acids is 1. The Balaban J connectivity index is 1.51. The molecule has 0 unspecified atom stereocenters. The summed E-state index contributed by atoms with van der Waals surface area (Å²) in [4.78, 5) is 18.0. The van der Waals surface area contributed by atoms with Crippen LogP contribution in [0.2, 0.25) is 0 Å². The van der Waals surface area contributed by atoms with Crippen molar-refractivity contribution in [3.63, 3.8) is 0 Å². The highest BCUT2D eigenvalue weighted by atomic mass is 32.2. The maximum atomic E-state index is 13.1. The lowest BCUT2D eigenvalue weighted by atomic mass is 10.3. The normalized spacial score (nSPS) is 14.3. The van der Waals surface area contributed by atoms with E-state index in [0.29, 0.717) is 18.2 Å². The van der Waals surface area contributed by atoms with Crippen molar-refractivity contribution in [2.45, 2.75) is 6.54 Å². The second kappa shape index (κ2) is 8.01. The molecule has 1 fully saturated rings. The van der Waals surface area contributed by atoms with Gasteiger partial charge in [0.25, 0.3) is 0 Å². The number of rotatable bonds is 4. The Bertz CT molecular complexity index is 690. The van der Waals surface area contributed by atoms with Crippen molar-refractivity contribution in [3.05, 3.63) is 54.0 Å². The Morgan fingerprint density at radius 1 is 1.29 bits per heavy atom. The molecule has 3 rings (SSSR count). The second-order valence-electron chi connectivity index (χ2n) is 5.32. The number of carbonyl (C=O) groups is 1. The van der Waals surface area contributed by atoms with Crippen molar-refractivity contribution in [1.29, 1.82) is 0 Å². The Kier molecular flexibility index (Phi) is 5.53. The van der Waals surface area contributed by atoms with Crippen molar-refractivity contribution in [1.82, 2.24) is 15.2 Å². The minimum absolute atomic E-state index is 0.0459. The molecule has 1 saturated heterocycles. The average Bonchev–Trinajstić information content (AvgIpc) is 2.62. The third-order valence-electron chi connectivity index (χ3n) is 3.56. The number of hydrogen-bond donors (Lipinski definition) is 1. The Morgan fingerprint density at radius 3 is 2.83 bits per heavy atom. The van der Waals surface area contributed by atoms with Gasteiger partial charge in [-0.3, -0.25) is 0 Å². The molecular weight excluding hydrogens is 329 g/mol. The van der Waals surface area contributed by atoms with E-state index in [1.54, 1.807) is 24.4 Å². The van der Waals surface area contributed by atoms with Crippen LogP contribution in [0.4, 0.5) is 9.18 Å². The second-order valence-corrected chi connectivity index (χ2v) is 6.55. The highest BCUT2D eigenvalue weighted by Gasteiger charge is 2.15. The number of ether oxygens (including phenoxy) is 1. The number of pyridine rings is 1. The number of amides is 2. The summed E-state index contributed by atoms with van der Waals surface area (Å²) in [5.74, 6) is 2.39. The fourth-order valence-electron chi connectivity index (χ4n) is 2.28. The summed E-state index contributed by atoms with van der Waals surface area (Å²) in [5, 5.41) is 2.89. The Labute approximate surface area is 144 Å². The van der Waals surface area contributed by atoms with Crippen molar-refractivity contribution in [2.24, 2.45) is 0 Å². The molecule has 5 nitrogen and oxygen atoms in total. The first-order valence-corrected chi connectivity index (χ1v) is 8.85. The van der Waals surface area contributed by atoms with Crippen molar-refractivity contribution >= 4 is 17.8 Å². The van der Waals surface area contributed by atoms with E-state index in [4.69, 9.17) is 4.74 Å². The van der Waals surface area contributed by atoms with Gasteiger partial charge in [0.1, 0.15) is 11.6 Å². The smallest absolute Gasteiger partial charge is 0.317 e. The van der Waals surface area contributed by atoms with Gasteiger partial charge in [-0.2, -0.15) is 11.8 Å². The molecule has 0 bridgehead atoms. The molecular formula is C17H18FN3O2S. The molecule has 126 valence electrons. The van der Waals surface area contributed by atoms with Crippen LogP contribution in [-0.2, 0) is 6.54 Å². The van der Waals surface area contributed by atoms with E-state index in [-0.39, 0.29) is 11.8 Å². The predicted molar refractivity (Wildman–Crippen MR) is 91.8 cm³/mol. The van der Waals surface area contributed by atoms with E-state index in [2.05, 4.69) is 10.3 Å². The summed E-state index contributed by atoms with van der Waals surface area (Å²) in [6.45, 7) is 1.99. The molecule has 0 radical (unpaired) electrons. The largest absolute Gasteiger partial charge is 0.439 e. The number of aromatic nitrogens is 1. The van der Waals surface area contributed by atoms with Gasteiger partial charge >= 0.3 is 6.03 Å². The van der Waals surface area contributed by atoms with Gasteiger partial charge in [-0.25, -0.2) is 14.2 Å². The molecule has 2 heterocycles. The summed E-state index contributed by atoms with van der Waals surface area (Å²) in [6, 6.07) is 9.37. The lowest BCUT2D eigenvalue weighted by Crippen LogP contribution is -2.44. The number of hydrogen-bond acceptors (Lipinski definition) is 4. The van der Waals surface area contributed by atoms with E-state index in [1.807, 2.05) is 22.7 Å². The van der Waals surface area contributed by atoms with E-state index in [9.17, 15) is 9.18 Å². The molecule has 2 aromatic rings. The van der Waals surface area contributed by atoms with Gasteiger partial charge in [-0.1, -0.05) is 12.1 Å². The molecule has 2 amide bonds. The van der Waals surface area contributed by atoms with Crippen LogP contribution in [0, 0.1) is 5.82 Å². The van der Waals surface area contributed by atoms with Crippen LogP contribution in [0.1, 0.15) is 5.56 Å². The highest BCUT2D eigenvalue weighted by molar-refractivity contribution is 7.99. The van der Waals surface area contributed by atoms with Crippen LogP contribution in [0.25, 0.3) is 0 Å². The first-order chi connectivity index (χ1) is 11.7. The number of thioether (sulfide) groups is 1. The molecule has 0 atom stereocenters. The molecule has 1 aromatic heterocycles. The third-order valence-corrected chi connectivity index (χ3v) is 4.50. The molecule has 7 heteroatoms. The highest BCUT2D eigenvalue weighted by Crippen LogP contribution is 2.20. The van der Waals surface area contributed by atoms with Gasteiger partial charge < -0.3 is 15.0 Å². The minimum atomic E-state index is -0.358. The third kappa shape index (κ3) is 4.61. The monoisotopic (exact) mass is 347 g/mol. The zero-order chi connectivity index (χ0) is 16.8. The Morgan fingerprint density at radius 2 is 2.12 bits per heavy atom. The summed E-state index contributed by atoms with van der Waals surface area (Å²) in [6.07, 6.45) is 1.64. The topological polar surface area (TPSA) is 54.5 Å². The summed E-state index contributed by atoms with van der Waals surface area (Å²) in [5.41, 5.74) is 0.876. The number of urea groups is 1. The molecule has 24 heavy (non-hydrogen) atoms. The first kappa shape index (κ1) is 16.6. The average molecular weight is 347 g/mol. The van der Waals surface area contributed by atoms with Gasteiger partial charge in [0.2, 0.25) is 5.88 Å². The van der Waals surface area contributed by atoms with E-state index < -0.39 is 0 Å². The molecule has 0 aliphatic carbocycles. The van der Waals surface area contributed by atoms with Gasteiger partial charge in [0.15, 0.2) is 0 Å². The molecule has 1 aromatic carbocycles. The lowest BCUT2D eigenvalue weighted by Gasteiger charge is -2.26. The fraction of sp³-hybridized carbons (Fsp3) is 0.294. The number of halogens is 1. The summed E-state index contributed by atoms with van der Waals surface area (Å²) >= 11 is 1.86. The lowest BCUT2D eigenvalue weighted by molar-refractivity contribution is 0.202. The molecule has 0 saturated carbocycles.